The maximum Gasteiger partial charge on any atom is 0.310 e. The molecule has 1 N–H and O–H groups in total. The number of nitrogens with zero attached hydrogens (tertiary/aromatic N) is 1. The van der Waals surface area contributed by atoms with Gasteiger partial charge in [0.15, 0.2) is 0 Å². The Hall–Kier alpha value is -1.29. The van der Waals surface area contributed by atoms with Crippen molar-refractivity contribution < 1.29 is 4.92 Å². The molecule has 0 heterocycles. The van der Waals surface area contributed by atoms with E-state index < -0.39 is 4.92 Å². The molecule has 0 bridgehead atoms. The van der Waals surface area contributed by atoms with Crippen molar-refractivity contribution in [3.63, 3.8) is 0 Å². The van der Waals surface area contributed by atoms with Crippen LogP contribution in [0.3, 0.4) is 0 Å². The average Bonchev–Trinajstić information content (AvgIpc) is 2.31. The molecule has 1 fully saturated rings. The van der Waals surface area contributed by atoms with E-state index in [1.165, 1.54) is 19.3 Å². The first-order valence-electron chi connectivity index (χ1n) is 6.29. The fourth-order valence-electron chi connectivity index (χ4n) is 2.55. The number of benzene rings is 1. The molecule has 0 aromatic heterocycles. The van der Waals surface area contributed by atoms with Crippen molar-refractivity contribution in [2.45, 2.75) is 38.6 Å². The predicted octanol–water partition coefficient (Wildman–Crippen LogP) is 4.24. The third-order valence-corrected chi connectivity index (χ3v) is 3.93. The number of hydrogen-bond acceptors (Lipinski definition) is 3. The highest BCUT2D eigenvalue weighted by Crippen LogP contribution is 2.35. The van der Waals surface area contributed by atoms with Crippen molar-refractivity contribution >= 4 is 23.0 Å². The van der Waals surface area contributed by atoms with E-state index in [4.69, 9.17) is 11.6 Å². The van der Waals surface area contributed by atoms with Crippen LogP contribution in [0.15, 0.2) is 18.2 Å². The SMILES string of the molecule is CC1CCCCC1Nc1cccc(Cl)c1[N+](=O)[O-]. The molecular weight excluding hydrogens is 252 g/mol. The van der Waals surface area contributed by atoms with Gasteiger partial charge in [0.1, 0.15) is 10.7 Å². The van der Waals surface area contributed by atoms with E-state index in [0.29, 0.717) is 17.6 Å². The monoisotopic (exact) mass is 268 g/mol. The summed E-state index contributed by atoms with van der Waals surface area (Å²) in [4.78, 5) is 10.6. The maximum atomic E-state index is 11.0. The van der Waals surface area contributed by atoms with Crippen LogP contribution in [0.2, 0.25) is 5.02 Å². The van der Waals surface area contributed by atoms with Crippen molar-refractivity contribution in [3.8, 4) is 0 Å². The van der Waals surface area contributed by atoms with Crippen molar-refractivity contribution in [3.05, 3.63) is 33.3 Å². The van der Waals surface area contributed by atoms with E-state index in [9.17, 15) is 10.1 Å². The third-order valence-electron chi connectivity index (χ3n) is 3.62. The third kappa shape index (κ3) is 2.75. The van der Waals surface area contributed by atoms with Gasteiger partial charge in [-0.05, 0) is 30.9 Å². The summed E-state index contributed by atoms with van der Waals surface area (Å²) in [5.74, 6) is 0.539. The standard InChI is InChI=1S/C13H17ClN2O2/c1-9-5-2-3-7-11(9)15-12-8-4-6-10(14)13(12)16(17)18/h4,6,8-9,11,15H,2-3,5,7H2,1H3. The highest BCUT2D eigenvalue weighted by Gasteiger charge is 2.25. The van der Waals surface area contributed by atoms with Gasteiger partial charge in [0.2, 0.25) is 0 Å². The van der Waals surface area contributed by atoms with Gasteiger partial charge in [-0.15, -0.1) is 0 Å². The van der Waals surface area contributed by atoms with E-state index in [1.54, 1.807) is 18.2 Å². The molecule has 0 radical (unpaired) electrons. The smallest absolute Gasteiger partial charge is 0.310 e. The Morgan fingerprint density at radius 1 is 1.39 bits per heavy atom. The Balaban J connectivity index is 2.23. The van der Waals surface area contributed by atoms with Crippen LogP contribution in [0.5, 0.6) is 0 Å². The van der Waals surface area contributed by atoms with Crippen LogP contribution in [0, 0.1) is 16.0 Å². The van der Waals surface area contributed by atoms with Crippen LogP contribution < -0.4 is 5.32 Å². The molecule has 1 aromatic carbocycles. The summed E-state index contributed by atoms with van der Waals surface area (Å²) in [6.45, 7) is 2.19. The highest BCUT2D eigenvalue weighted by atomic mass is 35.5. The largest absolute Gasteiger partial charge is 0.376 e. The summed E-state index contributed by atoms with van der Waals surface area (Å²) in [5.41, 5.74) is 0.517. The zero-order valence-corrected chi connectivity index (χ0v) is 11.1. The number of nitrogens with one attached hydrogen (secondary N) is 1. The highest BCUT2D eigenvalue weighted by molar-refractivity contribution is 6.33. The molecular formula is C13H17ClN2O2. The predicted molar refractivity (Wildman–Crippen MR) is 73.1 cm³/mol. The van der Waals surface area contributed by atoms with E-state index in [2.05, 4.69) is 12.2 Å². The van der Waals surface area contributed by atoms with Gasteiger partial charge in [-0.2, -0.15) is 0 Å². The average molecular weight is 269 g/mol. The molecule has 5 heteroatoms. The van der Waals surface area contributed by atoms with E-state index >= 15 is 0 Å². The summed E-state index contributed by atoms with van der Waals surface area (Å²) in [6, 6.07) is 5.32. The van der Waals surface area contributed by atoms with Gasteiger partial charge < -0.3 is 5.32 Å². The van der Waals surface area contributed by atoms with E-state index in [0.717, 1.165) is 6.42 Å². The molecule has 0 spiro atoms. The lowest BCUT2D eigenvalue weighted by molar-refractivity contribution is -0.383. The van der Waals surface area contributed by atoms with Gasteiger partial charge in [-0.1, -0.05) is 37.4 Å². The summed E-state index contributed by atoms with van der Waals surface area (Å²) in [7, 11) is 0. The number of hydrogen-bond donors (Lipinski definition) is 1. The second-order valence-corrected chi connectivity index (χ2v) is 5.31. The van der Waals surface area contributed by atoms with Crippen LogP contribution in [0.1, 0.15) is 32.6 Å². The second kappa shape index (κ2) is 5.57. The van der Waals surface area contributed by atoms with Gasteiger partial charge in [0.25, 0.3) is 0 Å². The van der Waals surface area contributed by atoms with Gasteiger partial charge >= 0.3 is 5.69 Å². The molecule has 2 atom stereocenters. The number of anilines is 1. The van der Waals surface area contributed by atoms with Crippen molar-refractivity contribution in [1.82, 2.24) is 0 Å². The van der Waals surface area contributed by atoms with Crippen LogP contribution in [-0.4, -0.2) is 11.0 Å². The Morgan fingerprint density at radius 2 is 2.11 bits per heavy atom. The Labute approximate surface area is 111 Å². The first-order chi connectivity index (χ1) is 8.59. The van der Waals surface area contributed by atoms with E-state index in [-0.39, 0.29) is 10.7 Å². The minimum Gasteiger partial charge on any atom is -0.376 e. The summed E-state index contributed by atoms with van der Waals surface area (Å²) >= 11 is 5.90. The second-order valence-electron chi connectivity index (χ2n) is 4.91. The van der Waals surface area contributed by atoms with Crippen LogP contribution in [-0.2, 0) is 0 Å². The molecule has 0 amide bonds. The van der Waals surface area contributed by atoms with Gasteiger partial charge in [-0.3, -0.25) is 10.1 Å². The minimum absolute atomic E-state index is 0.0167. The fraction of sp³-hybridized carbons (Fsp3) is 0.538. The zero-order chi connectivity index (χ0) is 13.1. The maximum absolute atomic E-state index is 11.0. The Morgan fingerprint density at radius 3 is 2.78 bits per heavy atom. The molecule has 1 aromatic rings. The van der Waals surface area contributed by atoms with Gasteiger partial charge in [0.05, 0.1) is 4.92 Å². The van der Waals surface area contributed by atoms with Crippen LogP contribution in [0.25, 0.3) is 0 Å². The van der Waals surface area contributed by atoms with Crippen molar-refractivity contribution in [2.24, 2.45) is 5.92 Å². The summed E-state index contributed by atoms with van der Waals surface area (Å²) < 4.78 is 0. The Bertz CT molecular complexity index is 451. The molecule has 1 saturated carbocycles. The van der Waals surface area contributed by atoms with E-state index in [1.807, 2.05) is 0 Å². The molecule has 0 saturated heterocycles. The summed E-state index contributed by atoms with van der Waals surface area (Å²) in [5, 5.41) is 14.5. The number of nitro groups is 1. The quantitative estimate of drug-likeness (QED) is 0.659. The minimum atomic E-state index is -0.418. The topological polar surface area (TPSA) is 55.2 Å². The van der Waals surface area contributed by atoms with Crippen LogP contribution >= 0.6 is 11.6 Å². The van der Waals surface area contributed by atoms with Crippen molar-refractivity contribution in [2.75, 3.05) is 5.32 Å². The lowest BCUT2D eigenvalue weighted by Gasteiger charge is -2.30. The molecule has 1 aliphatic rings. The lowest BCUT2D eigenvalue weighted by atomic mass is 9.86. The number of halogens is 1. The summed E-state index contributed by atoms with van der Waals surface area (Å²) in [6.07, 6.45) is 4.66. The van der Waals surface area contributed by atoms with Gasteiger partial charge in [0, 0.05) is 6.04 Å². The Kier molecular flexibility index (Phi) is 4.07. The molecule has 2 unspecified atom stereocenters. The normalized spacial score (nSPS) is 23.7. The molecule has 18 heavy (non-hydrogen) atoms. The van der Waals surface area contributed by atoms with Crippen LogP contribution in [0.4, 0.5) is 11.4 Å². The molecule has 4 nitrogen and oxygen atoms in total. The molecule has 98 valence electrons. The molecule has 0 aliphatic heterocycles. The molecule has 2 rings (SSSR count). The van der Waals surface area contributed by atoms with Gasteiger partial charge in [-0.25, -0.2) is 0 Å². The first-order valence-corrected chi connectivity index (χ1v) is 6.67. The van der Waals surface area contributed by atoms with Crippen molar-refractivity contribution in [1.29, 1.82) is 0 Å². The zero-order valence-electron chi connectivity index (χ0n) is 10.4. The number of nitro benzene ring substituents is 1. The lowest BCUT2D eigenvalue weighted by Crippen LogP contribution is -2.30. The fourth-order valence-corrected chi connectivity index (χ4v) is 2.79. The number of para-hydroxylation sites is 1. The molecule has 1 aliphatic carbocycles. The first kappa shape index (κ1) is 13.1. The number of rotatable bonds is 3.